The summed E-state index contributed by atoms with van der Waals surface area (Å²) in [5.41, 5.74) is 2.69. The lowest BCUT2D eigenvalue weighted by Crippen LogP contribution is -2.14. The number of benzene rings is 2. The number of para-hydroxylation sites is 1. The molecule has 1 N–H and O–H groups in total. The maximum atomic E-state index is 12.1. The number of rotatable bonds is 6. The number of thioether (sulfide) groups is 1. The van der Waals surface area contributed by atoms with Crippen LogP contribution in [0, 0.1) is 0 Å². The fraction of sp³-hybridized carbons (Fsp3) is 0.176. The number of nitrogens with zero attached hydrogens (tertiary/aromatic N) is 4. The van der Waals surface area contributed by atoms with Gasteiger partial charge in [-0.25, -0.2) is 0 Å². The van der Waals surface area contributed by atoms with E-state index in [1.165, 1.54) is 17.3 Å². The third-order valence-corrected chi connectivity index (χ3v) is 4.76. The first-order chi connectivity index (χ1) is 12.2. The standard InChI is InChI=1S/C17H16ClN5OS/c1-2-12-7-9-13(10-8-12)23-17(20-21-22-23)25-11-16(24)19-15-6-4-3-5-14(15)18/h3-10H,2,11H2,1H3,(H,19,24). The van der Waals surface area contributed by atoms with Gasteiger partial charge in [-0.2, -0.15) is 4.68 Å². The molecule has 0 radical (unpaired) electrons. The zero-order valence-electron chi connectivity index (χ0n) is 13.5. The topological polar surface area (TPSA) is 72.7 Å². The molecule has 0 unspecified atom stereocenters. The molecule has 0 aliphatic rings. The van der Waals surface area contributed by atoms with Crippen molar-refractivity contribution in [1.29, 1.82) is 0 Å². The van der Waals surface area contributed by atoms with Gasteiger partial charge in [0, 0.05) is 0 Å². The molecule has 1 heterocycles. The number of tetrazole rings is 1. The Morgan fingerprint density at radius 3 is 2.68 bits per heavy atom. The quantitative estimate of drug-likeness (QED) is 0.668. The van der Waals surface area contributed by atoms with Gasteiger partial charge < -0.3 is 5.32 Å². The SMILES string of the molecule is CCc1ccc(-n2nnnc2SCC(=O)Nc2ccccc2Cl)cc1. The van der Waals surface area contributed by atoms with Crippen molar-refractivity contribution in [1.82, 2.24) is 20.2 Å². The van der Waals surface area contributed by atoms with Crippen LogP contribution < -0.4 is 5.32 Å². The molecule has 0 aliphatic heterocycles. The Balaban J connectivity index is 1.65. The Bertz CT molecular complexity index is 865. The number of hydrogen-bond acceptors (Lipinski definition) is 5. The van der Waals surface area contributed by atoms with Crippen molar-refractivity contribution in [2.75, 3.05) is 11.1 Å². The second kappa shape index (κ2) is 8.13. The van der Waals surface area contributed by atoms with Gasteiger partial charge in [0.15, 0.2) is 0 Å². The predicted octanol–water partition coefficient (Wildman–Crippen LogP) is 3.61. The summed E-state index contributed by atoms with van der Waals surface area (Å²) in [4.78, 5) is 12.1. The third kappa shape index (κ3) is 4.37. The largest absolute Gasteiger partial charge is 0.324 e. The molecule has 3 aromatic rings. The van der Waals surface area contributed by atoms with Crippen molar-refractivity contribution in [3.05, 3.63) is 59.1 Å². The molecular weight excluding hydrogens is 358 g/mol. The Morgan fingerprint density at radius 2 is 1.96 bits per heavy atom. The molecule has 1 amide bonds. The number of carbonyl (C=O) groups excluding carboxylic acids is 1. The molecule has 3 rings (SSSR count). The molecule has 25 heavy (non-hydrogen) atoms. The van der Waals surface area contributed by atoms with E-state index in [-0.39, 0.29) is 11.7 Å². The highest BCUT2D eigenvalue weighted by atomic mass is 35.5. The highest BCUT2D eigenvalue weighted by molar-refractivity contribution is 7.99. The van der Waals surface area contributed by atoms with Gasteiger partial charge >= 0.3 is 0 Å². The van der Waals surface area contributed by atoms with Crippen LogP contribution in [0.3, 0.4) is 0 Å². The zero-order chi connectivity index (χ0) is 17.6. The Labute approximate surface area is 154 Å². The van der Waals surface area contributed by atoms with E-state index in [9.17, 15) is 4.79 Å². The van der Waals surface area contributed by atoms with Gasteiger partial charge in [0.2, 0.25) is 11.1 Å². The highest BCUT2D eigenvalue weighted by Crippen LogP contribution is 2.22. The maximum absolute atomic E-state index is 12.1. The summed E-state index contributed by atoms with van der Waals surface area (Å²) in [5.74, 6) is 0.00697. The summed E-state index contributed by atoms with van der Waals surface area (Å²) in [5, 5.41) is 15.5. The number of nitrogens with one attached hydrogen (secondary N) is 1. The lowest BCUT2D eigenvalue weighted by atomic mass is 10.1. The Kier molecular flexibility index (Phi) is 5.67. The third-order valence-electron chi connectivity index (χ3n) is 3.51. The van der Waals surface area contributed by atoms with E-state index < -0.39 is 0 Å². The minimum Gasteiger partial charge on any atom is -0.324 e. The minimum atomic E-state index is -0.172. The smallest absolute Gasteiger partial charge is 0.234 e. The van der Waals surface area contributed by atoms with E-state index in [2.05, 4.69) is 27.8 Å². The zero-order valence-corrected chi connectivity index (χ0v) is 15.1. The van der Waals surface area contributed by atoms with Crippen LogP contribution in [0.25, 0.3) is 5.69 Å². The average molecular weight is 374 g/mol. The molecule has 6 nitrogen and oxygen atoms in total. The van der Waals surface area contributed by atoms with Gasteiger partial charge in [0.05, 0.1) is 22.2 Å². The van der Waals surface area contributed by atoms with Crippen molar-refractivity contribution < 1.29 is 4.79 Å². The Morgan fingerprint density at radius 1 is 1.20 bits per heavy atom. The second-order valence-corrected chi connectivity index (χ2v) is 6.56. The Hall–Kier alpha value is -2.38. The first-order valence-corrected chi connectivity index (χ1v) is 9.08. The van der Waals surface area contributed by atoms with Crippen LogP contribution in [0.1, 0.15) is 12.5 Å². The van der Waals surface area contributed by atoms with Crippen LogP contribution in [0.2, 0.25) is 5.02 Å². The number of amides is 1. The number of halogens is 1. The molecule has 0 saturated heterocycles. The van der Waals surface area contributed by atoms with Crippen LogP contribution >= 0.6 is 23.4 Å². The van der Waals surface area contributed by atoms with Crippen LogP contribution in [-0.2, 0) is 11.2 Å². The lowest BCUT2D eigenvalue weighted by molar-refractivity contribution is -0.113. The number of aryl methyl sites for hydroxylation is 1. The van der Waals surface area contributed by atoms with Gasteiger partial charge in [0.25, 0.3) is 0 Å². The van der Waals surface area contributed by atoms with Gasteiger partial charge in [-0.05, 0) is 46.7 Å². The van der Waals surface area contributed by atoms with Crippen LogP contribution in [-0.4, -0.2) is 31.9 Å². The number of hydrogen-bond donors (Lipinski definition) is 1. The van der Waals surface area contributed by atoms with Crippen molar-refractivity contribution in [3.63, 3.8) is 0 Å². The van der Waals surface area contributed by atoms with Crippen LogP contribution in [0.15, 0.2) is 53.7 Å². The van der Waals surface area contributed by atoms with Crippen molar-refractivity contribution >= 4 is 35.0 Å². The number of anilines is 1. The summed E-state index contributed by atoms with van der Waals surface area (Å²) >= 11 is 7.30. The van der Waals surface area contributed by atoms with E-state index in [0.717, 1.165) is 12.1 Å². The summed E-state index contributed by atoms with van der Waals surface area (Å²) < 4.78 is 1.62. The second-order valence-electron chi connectivity index (χ2n) is 5.21. The summed E-state index contributed by atoms with van der Waals surface area (Å²) in [6.45, 7) is 2.10. The molecule has 2 aromatic carbocycles. The molecular formula is C17H16ClN5OS. The molecule has 0 aliphatic carbocycles. The summed E-state index contributed by atoms with van der Waals surface area (Å²) in [6.07, 6.45) is 0.972. The molecule has 0 atom stereocenters. The maximum Gasteiger partial charge on any atom is 0.234 e. The molecule has 0 bridgehead atoms. The van der Waals surface area contributed by atoms with E-state index in [0.29, 0.717) is 15.9 Å². The van der Waals surface area contributed by atoms with E-state index >= 15 is 0 Å². The van der Waals surface area contributed by atoms with Crippen LogP contribution in [0.5, 0.6) is 0 Å². The van der Waals surface area contributed by atoms with Gasteiger partial charge in [0.1, 0.15) is 0 Å². The van der Waals surface area contributed by atoms with E-state index in [1.807, 2.05) is 36.4 Å². The van der Waals surface area contributed by atoms with E-state index in [4.69, 9.17) is 11.6 Å². The van der Waals surface area contributed by atoms with Gasteiger partial charge in [-0.3, -0.25) is 4.79 Å². The summed E-state index contributed by atoms with van der Waals surface area (Å²) in [7, 11) is 0. The highest BCUT2D eigenvalue weighted by Gasteiger charge is 2.12. The molecule has 0 spiro atoms. The fourth-order valence-corrected chi connectivity index (χ4v) is 3.06. The normalized spacial score (nSPS) is 10.6. The average Bonchev–Trinajstić information content (AvgIpc) is 3.10. The minimum absolute atomic E-state index is 0.172. The van der Waals surface area contributed by atoms with Crippen LogP contribution in [0.4, 0.5) is 5.69 Å². The van der Waals surface area contributed by atoms with Gasteiger partial charge in [-0.1, -0.05) is 54.6 Å². The molecule has 8 heteroatoms. The molecule has 0 saturated carbocycles. The molecule has 0 fully saturated rings. The first-order valence-electron chi connectivity index (χ1n) is 7.72. The monoisotopic (exact) mass is 373 g/mol. The summed E-state index contributed by atoms with van der Waals surface area (Å²) in [6, 6.07) is 15.1. The number of carbonyl (C=O) groups is 1. The first kappa shape index (κ1) is 17.4. The molecule has 128 valence electrons. The van der Waals surface area contributed by atoms with E-state index in [1.54, 1.807) is 16.8 Å². The lowest BCUT2D eigenvalue weighted by Gasteiger charge is -2.07. The number of aromatic nitrogens is 4. The fourth-order valence-electron chi connectivity index (χ4n) is 2.18. The van der Waals surface area contributed by atoms with Crippen molar-refractivity contribution in [2.45, 2.75) is 18.5 Å². The molecule has 1 aromatic heterocycles. The van der Waals surface area contributed by atoms with Crippen molar-refractivity contribution in [3.8, 4) is 5.69 Å². The van der Waals surface area contributed by atoms with Crippen molar-refractivity contribution in [2.24, 2.45) is 0 Å². The predicted molar refractivity (Wildman–Crippen MR) is 99.3 cm³/mol. The van der Waals surface area contributed by atoms with Gasteiger partial charge in [-0.15, -0.1) is 5.10 Å².